The normalized spacial score (nSPS) is 12.8. The molecule has 1 aromatic carbocycles. The van der Waals surface area contributed by atoms with Gasteiger partial charge in [-0.1, -0.05) is 78.6 Å². The van der Waals surface area contributed by atoms with Gasteiger partial charge in [0.15, 0.2) is 0 Å². The van der Waals surface area contributed by atoms with Crippen LogP contribution in [0.4, 0.5) is 0 Å². The number of hydrogen-bond donors (Lipinski definition) is 0. The monoisotopic (exact) mass is 246 g/mol. The average molecular weight is 246 g/mol. The zero-order valence-electron chi connectivity index (χ0n) is 13.1. The van der Waals surface area contributed by atoms with Gasteiger partial charge in [0.2, 0.25) is 0 Å². The lowest BCUT2D eigenvalue weighted by Gasteiger charge is -2.28. The van der Waals surface area contributed by atoms with Gasteiger partial charge in [-0.15, -0.1) is 0 Å². The SMILES string of the molecule is CCCC(C)(C)c1ccc(C(C)(C)CCC)cc1. The molecule has 0 amide bonds. The summed E-state index contributed by atoms with van der Waals surface area (Å²) in [5, 5.41) is 0. The minimum Gasteiger partial charge on any atom is -0.0654 e. The van der Waals surface area contributed by atoms with Crippen LogP contribution in [0.15, 0.2) is 24.3 Å². The Morgan fingerprint density at radius 3 is 1.17 bits per heavy atom. The second-order valence-electron chi connectivity index (χ2n) is 6.85. The maximum atomic E-state index is 2.35. The molecule has 18 heavy (non-hydrogen) atoms. The second kappa shape index (κ2) is 5.91. The molecule has 0 saturated heterocycles. The van der Waals surface area contributed by atoms with Crippen LogP contribution in [0.3, 0.4) is 0 Å². The highest BCUT2D eigenvalue weighted by molar-refractivity contribution is 5.31. The summed E-state index contributed by atoms with van der Waals surface area (Å²) >= 11 is 0. The molecule has 0 N–H and O–H groups in total. The van der Waals surface area contributed by atoms with Gasteiger partial charge in [-0.2, -0.15) is 0 Å². The Labute approximate surface area is 114 Å². The first kappa shape index (κ1) is 15.3. The molecule has 0 heteroatoms. The minimum absolute atomic E-state index is 0.308. The van der Waals surface area contributed by atoms with Crippen molar-refractivity contribution >= 4 is 0 Å². The standard InChI is InChI=1S/C18H30/c1-7-13-17(3,4)15-9-11-16(12-10-15)18(5,6)14-8-2/h9-12H,7-8,13-14H2,1-6H3. The Bertz CT molecular complexity index is 317. The molecule has 0 nitrogen and oxygen atoms in total. The van der Waals surface area contributed by atoms with E-state index in [0.717, 1.165) is 0 Å². The smallest absolute Gasteiger partial charge is 0.0104 e. The fraction of sp³-hybridized carbons (Fsp3) is 0.667. The molecule has 0 aliphatic carbocycles. The molecular weight excluding hydrogens is 216 g/mol. The lowest BCUT2D eigenvalue weighted by atomic mass is 9.77. The van der Waals surface area contributed by atoms with Gasteiger partial charge in [-0.25, -0.2) is 0 Å². The number of benzene rings is 1. The second-order valence-corrected chi connectivity index (χ2v) is 6.85. The maximum absolute atomic E-state index is 2.35. The molecule has 0 atom stereocenters. The van der Waals surface area contributed by atoms with Crippen molar-refractivity contribution in [2.45, 2.75) is 78.1 Å². The summed E-state index contributed by atoms with van der Waals surface area (Å²) in [5.74, 6) is 0. The van der Waals surface area contributed by atoms with Crippen molar-refractivity contribution in [1.29, 1.82) is 0 Å². The molecule has 0 bridgehead atoms. The third kappa shape index (κ3) is 3.60. The summed E-state index contributed by atoms with van der Waals surface area (Å²) < 4.78 is 0. The van der Waals surface area contributed by atoms with Gasteiger partial charge in [0.05, 0.1) is 0 Å². The van der Waals surface area contributed by atoms with E-state index >= 15 is 0 Å². The Morgan fingerprint density at radius 2 is 0.944 bits per heavy atom. The molecule has 1 aromatic rings. The Kier molecular flexibility index (Phi) is 5.01. The van der Waals surface area contributed by atoms with Crippen molar-refractivity contribution < 1.29 is 0 Å². The van der Waals surface area contributed by atoms with Crippen molar-refractivity contribution in [3.05, 3.63) is 35.4 Å². The fourth-order valence-electron chi connectivity index (χ4n) is 2.91. The summed E-state index contributed by atoms with van der Waals surface area (Å²) in [7, 11) is 0. The van der Waals surface area contributed by atoms with Gasteiger partial charge in [0.25, 0.3) is 0 Å². The van der Waals surface area contributed by atoms with E-state index in [2.05, 4.69) is 65.8 Å². The summed E-state index contributed by atoms with van der Waals surface area (Å²) in [6.07, 6.45) is 5.00. The molecule has 0 saturated carbocycles. The van der Waals surface area contributed by atoms with E-state index in [1.807, 2.05) is 0 Å². The van der Waals surface area contributed by atoms with Gasteiger partial charge in [0, 0.05) is 0 Å². The van der Waals surface area contributed by atoms with Crippen LogP contribution >= 0.6 is 0 Å². The summed E-state index contributed by atoms with van der Waals surface area (Å²) in [6.45, 7) is 13.9. The first-order chi connectivity index (χ1) is 8.33. The topological polar surface area (TPSA) is 0 Å². The van der Waals surface area contributed by atoms with Crippen LogP contribution in [0, 0.1) is 0 Å². The van der Waals surface area contributed by atoms with Crippen LogP contribution < -0.4 is 0 Å². The van der Waals surface area contributed by atoms with Crippen molar-refractivity contribution in [3.8, 4) is 0 Å². The van der Waals surface area contributed by atoms with Gasteiger partial charge >= 0.3 is 0 Å². The fourth-order valence-corrected chi connectivity index (χ4v) is 2.91. The summed E-state index contributed by atoms with van der Waals surface area (Å²) in [6, 6.07) is 9.34. The van der Waals surface area contributed by atoms with Gasteiger partial charge < -0.3 is 0 Å². The summed E-state index contributed by atoms with van der Waals surface area (Å²) in [5.41, 5.74) is 3.56. The lowest BCUT2D eigenvalue weighted by molar-refractivity contribution is 0.464. The molecule has 0 aromatic heterocycles. The van der Waals surface area contributed by atoms with Crippen molar-refractivity contribution in [2.75, 3.05) is 0 Å². The Hall–Kier alpha value is -0.780. The molecule has 102 valence electrons. The predicted octanol–water partition coefficient (Wildman–Crippen LogP) is 5.84. The first-order valence-corrected chi connectivity index (χ1v) is 7.44. The maximum Gasteiger partial charge on any atom is -0.0104 e. The molecular formula is C18H30. The molecule has 1 rings (SSSR count). The third-order valence-electron chi connectivity index (χ3n) is 4.20. The molecule has 0 aliphatic rings. The summed E-state index contributed by atoms with van der Waals surface area (Å²) in [4.78, 5) is 0. The van der Waals surface area contributed by atoms with Crippen molar-refractivity contribution in [2.24, 2.45) is 0 Å². The molecule has 0 aliphatic heterocycles. The van der Waals surface area contributed by atoms with Gasteiger partial charge in [0.1, 0.15) is 0 Å². The number of rotatable bonds is 6. The predicted molar refractivity (Wildman–Crippen MR) is 82.3 cm³/mol. The quantitative estimate of drug-likeness (QED) is 0.591. The van der Waals surface area contributed by atoms with E-state index in [1.165, 1.54) is 36.8 Å². The Balaban J connectivity index is 2.92. The molecule has 0 unspecified atom stereocenters. The average Bonchev–Trinajstić information content (AvgIpc) is 2.29. The van der Waals surface area contributed by atoms with Crippen molar-refractivity contribution in [1.82, 2.24) is 0 Å². The van der Waals surface area contributed by atoms with E-state index < -0.39 is 0 Å². The van der Waals surface area contributed by atoms with E-state index in [4.69, 9.17) is 0 Å². The van der Waals surface area contributed by atoms with Crippen LogP contribution in [-0.2, 0) is 10.8 Å². The highest BCUT2D eigenvalue weighted by atomic mass is 14.3. The third-order valence-corrected chi connectivity index (χ3v) is 4.20. The van der Waals surface area contributed by atoms with Crippen LogP contribution in [0.1, 0.15) is 78.4 Å². The van der Waals surface area contributed by atoms with E-state index in [-0.39, 0.29) is 0 Å². The molecule has 0 spiro atoms. The van der Waals surface area contributed by atoms with Crippen LogP contribution in [0.2, 0.25) is 0 Å². The van der Waals surface area contributed by atoms with Crippen LogP contribution in [0.5, 0.6) is 0 Å². The Morgan fingerprint density at radius 1 is 0.667 bits per heavy atom. The molecule has 0 radical (unpaired) electrons. The van der Waals surface area contributed by atoms with E-state index in [9.17, 15) is 0 Å². The zero-order valence-corrected chi connectivity index (χ0v) is 13.1. The van der Waals surface area contributed by atoms with Gasteiger partial charge in [-0.3, -0.25) is 0 Å². The highest BCUT2D eigenvalue weighted by Crippen LogP contribution is 2.32. The lowest BCUT2D eigenvalue weighted by Crippen LogP contribution is -2.19. The number of hydrogen-bond acceptors (Lipinski definition) is 0. The minimum atomic E-state index is 0.308. The van der Waals surface area contributed by atoms with Gasteiger partial charge in [-0.05, 0) is 34.8 Å². The zero-order chi connectivity index (χ0) is 13.8. The highest BCUT2D eigenvalue weighted by Gasteiger charge is 2.22. The first-order valence-electron chi connectivity index (χ1n) is 7.44. The van der Waals surface area contributed by atoms with Crippen LogP contribution in [-0.4, -0.2) is 0 Å². The molecule has 0 heterocycles. The van der Waals surface area contributed by atoms with E-state index in [1.54, 1.807) is 0 Å². The van der Waals surface area contributed by atoms with Crippen LogP contribution in [0.25, 0.3) is 0 Å². The van der Waals surface area contributed by atoms with Crippen molar-refractivity contribution in [3.63, 3.8) is 0 Å². The molecule has 0 fully saturated rings. The van der Waals surface area contributed by atoms with E-state index in [0.29, 0.717) is 10.8 Å². The largest absolute Gasteiger partial charge is 0.0654 e.